The number of carbonyl (C=O) groups is 6. The van der Waals surface area contributed by atoms with Gasteiger partial charge in [0.2, 0.25) is 11.8 Å². The molecule has 0 aliphatic heterocycles. The predicted octanol–water partition coefficient (Wildman–Crippen LogP) is 0.408. The summed E-state index contributed by atoms with van der Waals surface area (Å²) in [5, 5.41) is 23.7. The molecule has 0 fully saturated rings. The van der Waals surface area contributed by atoms with Crippen molar-refractivity contribution in [2.24, 2.45) is 22.4 Å². The molecule has 0 aliphatic carbocycles. The number of carboxylic acid groups (broad SMARTS) is 2. The van der Waals surface area contributed by atoms with Crippen molar-refractivity contribution >= 4 is 53.4 Å². The third kappa shape index (κ3) is 17.7. The molecule has 18 heteroatoms. The molecule has 0 radical (unpaired) electrons. The van der Waals surface area contributed by atoms with Gasteiger partial charge in [-0.05, 0) is 42.7 Å². The Morgan fingerprint density at radius 2 is 1.57 bits per heavy atom. The lowest BCUT2D eigenvalue weighted by molar-refractivity contribution is -0.192. The maximum absolute atomic E-state index is 12.7. The van der Waals surface area contributed by atoms with E-state index in [9.17, 15) is 37.1 Å². The van der Waals surface area contributed by atoms with Gasteiger partial charge in [-0.3, -0.25) is 14.4 Å². The van der Waals surface area contributed by atoms with Gasteiger partial charge in [-0.25, -0.2) is 19.4 Å². The number of halogens is 3. The molecular formula is C26H35F3N6O9. The Balaban J connectivity index is 0.00000234. The van der Waals surface area contributed by atoms with Gasteiger partial charge in [-0.2, -0.15) is 13.2 Å². The van der Waals surface area contributed by atoms with Crippen LogP contribution in [0.15, 0.2) is 35.3 Å². The number of aliphatic imine (C=N–C) groups is 1. The first kappa shape index (κ1) is 39.0. The molecule has 0 aliphatic rings. The third-order valence-electron chi connectivity index (χ3n) is 4.88. The van der Waals surface area contributed by atoms with E-state index in [1.165, 1.54) is 6.08 Å². The predicted molar refractivity (Wildman–Crippen MR) is 150 cm³/mol. The number of carbonyl (C=O) groups excluding carboxylic acids is 4. The minimum atomic E-state index is -5.08. The number of nitrogens with one attached hydrogen (secondary N) is 3. The van der Waals surface area contributed by atoms with Crippen LogP contribution in [0.1, 0.15) is 39.2 Å². The number of aliphatic carboxylic acids is 2. The first-order valence-corrected chi connectivity index (χ1v) is 12.8. The van der Waals surface area contributed by atoms with Crippen molar-refractivity contribution in [3.05, 3.63) is 35.9 Å². The summed E-state index contributed by atoms with van der Waals surface area (Å²) < 4.78 is 36.6. The van der Waals surface area contributed by atoms with Crippen molar-refractivity contribution < 1.29 is 56.9 Å². The van der Waals surface area contributed by atoms with Crippen molar-refractivity contribution in [2.45, 2.75) is 51.9 Å². The van der Waals surface area contributed by atoms with Crippen LogP contribution in [0.5, 0.6) is 0 Å². The van der Waals surface area contributed by atoms with Gasteiger partial charge in [-0.1, -0.05) is 32.9 Å². The van der Waals surface area contributed by atoms with E-state index in [2.05, 4.69) is 20.9 Å². The number of amides is 2. The highest BCUT2D eigenvalue weighted by Crippen LogP contribution is 2.14. The molecule has 0 aromatic heterocycles. The molecule has 15 nitrogen and oxygen atoms in total. The lowest BCUT2D eigenvalue weighted by atomic mass is 10.0. The Labute approximate surface area is 249 Å². The van der Waals surface area contributed by atoms with Gasteiger partial charge in [-0.15, -0.1) is 0 Å². The number of likely N-dealkylation sites (N-methyl/N-ethyl adjacent to an activating group) is 1. The molecule has 0 unspecified atom stereocenters. The van der Waals surface area contributed by atoms with E-state index in [1.54, 1.807) is 45.0 Å². The fourth-order valence-corrected chi connectivity index (χ4v) is 3.00. The monoisotopic (exact) mass is 632 g/mol. The quantitative estimate of drug-likeness (QED) is 0.0484. The SMILES string of the molecule is CCNCC(=O)N[C@@H](CC(=O)O)C(=O)N[C@@H](CC(C)C)C(=O)OC(=O)C=Cc1ccc(N=C(N)N)cc1.O=C(O)C(F)(F)F. The number of nitrogens with zero attached hydrogens (tertiary/aromatic N) is 1. The highest BCUT2D eigenvalue weighted by molar-refractivity contribution is 5.98. The van der Waals surface area contributed by atoms with Crippen molar-refractivity contribution in [2.75, 3.05) is 13.1 Å². The maximum atomic E-state index is 12.7. The molecule has 9 N–H and O–H groups in total. The average molecular weight is 633 g/mol. The number of ether oxygens (including phenoxy) is 1. The summed E-state index contributed by atoms with van der Waals surface area (Å²) in [5.41, 5.74) is 11.8. The van der Waals surface area contributed by atoms with Crippen LogP contribution in [0.4, 0.5) is 18.9 Å². The average Bonchev–Trinajstić information content (AvgIpc) is 2.89. The summed E-state index contributed by atoms with van der Waals surface area (Å²) in [7, 11) is 0. The van der Waals surface area contributed by atoms with Gasteiger partial charge in [0.15, 0.2) is 5.96 Å². The topological polar surface area (TPSA) is 253 Å². The minimum Gasteiger partial charge on any atom is -0.481 e. The van der Waals surface area contributed by atoms with Crippen molar-refractivity contribution in [3.8, 4) is 0 Å². The number of nitrogens with two attached hydrogens (primary N) is 2. The van der Waals surface area contributed by atoms with Crippen molar-refractivity contribution in [3.63, 3.8) is 0 Å². The second-order valence-electron chi connectivity index (χ2n) is 9.19. The third-order valence-corrected chi connectivity index (χ3v) is 4.88. The van der Waals surface area contributed by atoms with Crippen LogP contribution < -0.4 is 27.4 Å². The van der Waals surface area contributed by atoms with E-state index < -0.39 is 60.4 Å². The number of guanidine groups is 1. The van der Waals surface area contributed by atoms with Gasteiger partial charge in [0.25, 0.3) is 0 Å². The molecule has 1 rings (SSSR count). The highest BCUT2D eigenvalue weighted by Gasteiger charge is 2.38. The molecule has 0 heterocycles. The summed E-state index contributed by atoms with van der Waals surface area (Å²) in [5.74, 6) is -7.73. The van der Waals surface area contributed by atoms with Crippen LogP contribution in [0, 0.1) is 5.92 Å². The Morgan fingerprint density at radius 1 is 1.00 bits per heavy atom. The van der Waals surface area contributed by atoms with Crippen molar-refractivity contribution in [1.29, 1.82) is 0 Å². The Hall–Kier alpha value is -5.00. The summed E-state index contributed by atoms with van der Waals surface area (Å²) in [4.78, 5) is 73.5. The standard InChI is InChI=1S/C24H34N6O7.C2HF3O2/c1-4-27-13-19(31)29-17(12-20(32)33)22(35)30-18(11-14(2)3)23(36)37-21(34)10-7-15-5-8-16(9-6-15)28-24(25)26;3-2(4,5)1(6)7/h5-10,14,17-18,27H,4,11-13H2,1-3H3,(H,29,31)(H,30,35)(H,32,33)(H4,25,26,28);(H,6,7)/t17-,18-;/m0./s1. The number of carboxylic acids is 2. The second-order valence-corrected chi connectivity index (χ2v) is 9.19. The van der Waals surface area contributed by atoms with Crippen LogP contribution in [0.3, 0.4) is 0 Å². The molecule has 0 saturated heterocycles. The summed E-state index contributed by atoms with van der Waals surface area (Å²) in [6, 6.07) is 3.85. The molecule has 44 heavy (non-hydrogen) atoms. The van der Waals surface area contributed by atoms with Crippen LogP contribution in [0.25, 0.3) is 6.08 Å². The Bertz CT molecular complexity index is 1210. The molecule has 1 aromatic carbocycles. The van der Waals surface area contributed by atoms with Gasteiger partial charge in [0.05, 0.1) is 18.7 Å². The molecule has 0 bridgehead atoms. The Kier molecular flexibility index (Phi) is 17.1. The summed E-state index contributed by atoms with van der Waals surface area (Å²) >= 11 is 0. The van der Waals surface area contributed by atoms with Crippen molar-refractivity contribution in [1.82, 2.24) is 16.0 Å². The van der Waals surface area contributed by atoms with Gasteiger partial charge in [0.1, 0.15) is 12.1 Å². The number of alkyl halides is 3. The van der Waals surface area contributed by atoms with E-state index >= 15 is 0 Å². The zero-order valence-corrected chi connectivity index (χ0v) is 24.0. The first-order chi connectivity index (χ1) is 20.3. The number of hydrogen-bond donors (Lipinski definition) is 7. The van der Waals surface area contributed by atoms with Gasteiger partial charge < -0.3 is 42.4 Å². The molecule has 0 spiro atoms. The van der Waals surface area contributed by atoms with Crippen LogP contribution >= 0.6 is 0 Å². The zero-order valence-electron chi connectivity index (χ0n) is 24.0. The number of esters is 2. The van der Waals surface area contributed by atoms with E-state index in [0.29, 0.717) is 17.8 Å². The molecular weight excluding hydrogens is 597 g/mol. The number of hydrogen-bond acceptors (Lipinski definition) is 9. The minimum absolute atomic E-state index is 0.0894. The lowest BCUT2D eigenvalue weighted by Crippen LogP contribution is -2.54. The second kappa shape index (κ2) is 19.2. The van der Waals surface area contributed by atoms with Gasteiger partial charge in [0, 0.05) is 6.08 Å². The fraction of sp³-hybridized carbons (Fsp3) is 0.423. The molecule has 244 valence electrons. The summed E-state index contributed by atoms with van der Waals surface area (Å²) in [6.07, 6.45) is -3.22. The maximum Gasteiger partial charge on any atom is 0.490 e. The lowest BCUT2D eigenvalue weighted by Gasteiger charge is -2.22. The highest BCUT2D eigenvalue weighted by atomic mass is 19.4. The number of rotatable bonds is 14. The molecule has 2 amide bonds. The zero-order chi connectivity index (χ0) is 34.0. The van der Waals surface area contributed by atoms with Crippen LogP contribution in [-0.2, 0) is 33.5 Å². The van der Waals surface area contributed by atoms with E-state index in [4.69, 9.17) is 31.2 Å². The largest absolute Gasteiger partial charge is 0.490 e. The Morgan fingerprint density at radius 3 is 2.02 bits per heavy atom. The fourth-order valence-electron chi connectivity index (χ4n) is 3.00. The van der Waals surface area contributed by atoms with Crippen LogP contribution in [-0.4, -0.2) is 83.2 Å². The summed E-state index contributed by atoms with van der Waals surface area (Å²) in [6.45, 7) is 5.73. The first-order valence-electron chi connectivity index (χ1n) is 12.8. The molecule has 1 aromatic rings. The molecule has 2 atom stereocenters. The normalized spacial score (nSPS) is 12.2. The van der Waals surface area contributed by atoms with Gasteiger partial charge >= 0.3 is 30.1 Å². The molecule has 0 saturated carbocycles. The number of benzene rings is 1. The van der Waals surface area contributed by atoms with E-state index in [1.807, 2.05) is 0 Å². The van der Waals surface area contributed by atoms with E-state index in [0.717, 1.165) is 6.08 Å². The van der Waals surface area contributed by atoms with E-state index in [-0.39, 0.29) is 24.8 Å². The van der Waals surface area contributed by atoms with Crippen LogP contribution in [0.2, 0.25) is 0 Å². The smallest absolute Gasteiger partial charge is 0.481 e.